The fourth-order valence-electron chi connectivity index (χ4n) is 2.36. The molecule has 2 aromatic carbocycles. The first-order chi connectivity index (χ1) is 12.0. The Morgan fingerprint density at radius 2 is 1.84 bits per heavy atom. The van der Waals surface area contributed by atoms with Crippen LogP contribution in [0.15, 0.2) is 48.5 Å². The number of carbonyl (C=O) groups is 1. The van der Waals surface area contributed by atoms with Crippen molar-refractivity contribution in [1.29, 1.82) is 0 Å². The number of rotatable bonds is 6. The summed E-state index contributed by atoms with van der Waals surface area (Å²) in [5.41, 5.74) is 3.24. The number of carbonyl (C=O) groups excluding carboxylic acids is 1. The first-order valence-electron chi connectivity index (χ1n) is 8.38. The van der Waals surface area contributed by atoms with Gasteiger partial charge < -0.3 is 10.1 Å². The number of thiocarbonyl (C=S) groups is 1. The summed E-state index contributed by atoms with van der Waals surface area (Å²) < 4.78 is 5.45. The molecule has 0 radical (unpaired) electrons. The summed E-state index contributed by atoms with van der Waals surface area (Å²) in [6.07, 6.45) is 1.03. The van der Waals surface area contributed by atoms with Crippen LogP contribution in [0.4, 0.5) is 5.69 Å². The summed E-state index contributed by atoms with van der Waals surface area (Å²) >= 11 is 5.24. The van der Waals surface area contributed by atoms with E-state index >= 15 is 0 Å². The van der Waals surface area contributed by atoms with Crippen molar-refractivity contribution >= 4 is 28.9 Å². The molecule has 0 saturated carbocycles. The van der Waals surface area contributed by atoms with Crippen LogP contribution in [0.25, 0.3) is 0 Å². The second kappa shape index (κ2) is 9.18. The molecule has 2 aromatic rings. The number of para-hydroxylation sites is 1. The van der Waals surface area contributed by atoms with Crippen LogP contribution >= 0.6 is 12.2 Å². The number of hydrogen-bond donors (Lipinski definition) is 2. The van der Waals surface area contributed by atoms with E-state index in [0.29, 0.717) is 11.7 Å². The van der Waals surface area contributed by atoms with Gasteiger partial charge in [0.1, 0.15) is 5.75 Å². The van der Waals surface area contributed by atoms with Crippen LogP contribution in [0.3, 0.4) is 0 Å². The predicted octanol–water partition coefficient (Wildman–Crippen LogP) is 4.40. The second-order valence-corrected chi connectivity index (χ2v) is 6.41. The van der Waals surface area contributed by atoms with E-state index in [1.807, 2.05) is 49.4 Å². The topological polar surface area (TPSA) is 50.4 Å². The highest BCUT2D eigenvalue weighted by molar-refractivity contribution is 7.80. The lowest BCUT2D eigenvalue weighted by Gasteiger charge is -2.17. The minimum Gasteiger partial charge on any atom is -0.484 e. The molecular formula is C20H24N2O2S. The van der Waals surface area contributed by atoms with Gasteiger partial charge >= 0.3 is 0 Å². The van der Waals surface area contributed by atoms with E-state index < -0.39 is 0 Å². The van der Waals surface area contributed by atoms with E-state index in [2.05, 4.69) is 30.5 Å². The van der Waals surface area contributed by atoms with Crippen LogP contribution in [0, 0.1) is 6.92 Å². The maximum Gasteiger partial charge on any atom is 0.264 e. The van der Waals surface area contributed by atoms with Crippen LogP contribution in [-0.2, 0) is 4.79 Å². The minimum absolute atomic E-state index is 0.0854. The average molecular weight is 356 g/mol. The zero-order chi connectivity index (χ0) is 18.2. The molecule has 2 rings (SSSR count). The molecule has 0 aliphatic heterocycles. The highest BCUT2D eigenvalue weighted by atomic mass is 32.1. The lowest BCUT2D eigenvalue weighted by atomic mass is 9.97. The fourth-order valence-corrected chi connectivity index (χ4v) is 2.58. The Bertz CT molecular complexity index is 729. The van der Waals surface area contributed by atoms with Gasteiger partial charge in [0.05, 0.1) is 0 Å². The molecule has 0 aromatic heterocycles. The molecule has 132 valence electrons. The number of anilines is 1. The Morgan fingerprint density at radius 3 is 2.52 bits per heavy atom. The predicted molar refractivity (Wildman–Crippen MR) is 106 cm³/mol. The Hall–Kier alpha value is -2.40. The lowest BCUT2D eigenvalue weighted by molar-refractivity contribution is -0.121. The Balaban J connectivity index is 1.87. The van der Waals surface area contributed by atoms with Crippen molar-refractivity contribution in [2.24, 2.45) is 0 Å². The summed E-state index contributed by atoms with van der Waals surface area (Å²) in [6.45, 7) is 6.22. The molecule has 0 aliphatic carbocycles. The summed E-state index contributed by atoms with van der Waals surface area (Å²) in [5, 5.41) is 6.03. The first kappa shape index (κ1) is 18.9. The van der Waals surface area contributed by atoms with E-state index in [-0.39, 0.29) is 17.6 Å². The molecule has 0 spiro atoms. The van der Waals surface area contributed by atoms with Crippen molar-refractivity contribution in [3.8, 4) is 5.75 Å². The molecule has 4 nitrogen and oxygen atoms in total. The highest BCUT2D eigenvalue weighted by Gasteiger charge is 2.11. The molecule has 2 N–H and O–H groups in total. The van der Waals surface area contributed by atoms with E-state index in [9.17, 15) is 4.79 Å². The molecule has 0 saturated heterocycles. The zero-order valence-corrected chi connectivity index (χ0v) is 15.7. The summed E-state index contributed by atoms with van der Waals surface area (Å²) in [4.78, 5) is 12.0. The standard InChI is InChI=1S/C20H24N2O2S/c1-4-15(3)17-7-5-6-8-18(17)21-20(25)22-19(23)13-24-16-11-9-14(2)10-12-16/h5-12,15H,4,13H2,1-3H3,(H2,21,22,23,25)/t15-/m0/s1. The van der Waals surface area contributed by atoms with Crippen molar-refractivity contribution in [3.05, 3.63) is 59.7 Å². The third-order valence-electron chi connectivity index (χ3n) is 4.00. The number of nitrogens with one attached hydrogen (secondary N) is 2. The van der Waals surface area contributed by atoms with Gasteiger partial charge in [-0.25, -0.2) is 0 Å². The molecule has 25 heavy (non-hydrogen) atoms. The Labute approximate surface area is 154 Å². The molecule has 0 heterocycles. The smallest absolute Gasteiger partial charge is 0.264 e. The number of ether oxygens (including phenoxy) is 1. The molecule has 1 atom stereocenters. The number of aryl methyl sites for hydroxylation is 1. The van der Waals surface area contributed by atoms with E-state index in [0.717, 1.165) is 17.7 Å². The van der Waals surface area contributed by atoms with Crippen LogP contribution in [0.2, 0.25) is 0 Å². The number of amides is 1. The van der Waals surface area contributed by atoms with Gasteiger partial charge in [0.15, 0.2) is 11.7 Å². The van der Waals surface area contributed by atoms with Crippen LogP contribution in [0.5, 0.6) is 5.75 Å². The molecular weight excluding hydrogens is 332 g/mol. The van der Waals surface area contributed by atoms with Gasteiger partial charge in [0.25, 0.3) is 5.91 Å². The van der Waals surface area contributed by atoms with E-state index in [1.165, 1.54) is 5.56 Å². The monoisotopic (exact) mass is 356 g/mol. The van der Waals surface area contributed by atoms with Gasteiger partial charge in [-0.1, -0.05) is 49.7 Å². The largest absolute Gasteiger partial charge is 0.484 e. The minimum atomic E-state index is -0.293. The number of hydrogen-bond acceptors (Lipinski definition) is 3. The van der Waals surface area contributed by atoms with Crippen molar-refractivity contribution in [2.75, 3.05) is 11.9 Å². The van der Waals surface area contributed by atoms with Crippen LogP contribution < -0.4 is 15.4 Å². The van der Waals surface area contributed by atoms with Crippen molar-refractivity contribution < 1.29 is 9.53 Å². The van der Waals surface area contributed by atoms with E-state index in [4.69, 9.17) is 17.0 Å². The first-order valence-corrected chi connectivity index (χ1v) is 8.79. The van der Waals surface area contributed by atoms with Gasteiger partial charge in [0, 0.05) is 5.69 Å². The summed E-state index contributed by atoms with van der Waals surface area (Å²) in [5.74, 6) is 0.771. The number of benzene rings is 2. The maximum absolute atomic E-state index is 12.0. The normalized spacial score (nSPS) is 11.5. The third-order valence-corrected chi connectivity index (χ3v) is 4.20. The lowest BCUT2D eigenvalue weighted by Crippen LogP contribution is -2.37. The maximum atomic E-state index is 12.0. The van der Waals surface area contributed by atoms with Gasteiger partial charge in [-0.15, -0.1) is 0 Å². The van der Waals surface area contributed by atoms with Crippen molar-refractivity contribution in [3.63, 3.8) is 0 Å². The Morgan fingerprint density at radius 1 is 1.16 bits per heavy atom. The quantitative estimate of drug-likeness (QED) is 0.753. The zero-order valence-electron chi connectivity index (χ0n) is 14.8. The van der Waals surface area contributed by atoms with Crippen molar-refractivity contribution in [1.82, 2.24) is 5.32 Å². The van der Waals surface area contributed by atoms with Gasteiger partial charge in [-0.2, -0.15) is 0 Å². The Kier molecular flexibility index (Phi) is 6.95. The fraction of sp³-hybridized carbons (Fsp3) is 0.300. The molecule has 0 fully saturated rings. The van der Waals surface area contributed by atoms with Gasteiger partial charge in [-0.05, 0) is 55.2 Å². The van der Waals surface area contributed by atoms with Crippen molar-refractivity contribution in [2.45, 2.75) is 33.1 Å². The molecule has 0 bridgehead atoms. The molecule has 1 amide bonds. The molecule has 0 unspecified atom stereocenters. The van der Waals surface area contributed by atoms with Crippen LogP contribution in [-0.4, -0.2) is 17.6 Å². The molecule has 0 aliphatic rings. The molecule has 5 heteroatoms. The van der Waals surface area contributed by atoms with E-state index in [1.54, 1.807) is 0 Å². The van der Waals surface area contributed by atoms with Crippen LogP contribution in [0.1, 0.15) is 37.3 Å². The highest BCUT2D eigenvalue weighted by Crippen LogP contribution is 2.26. The third kappa shape index (κ3) is 5.87. The van der Waals surface area contributed by atoms with Gasteiger partial charge in [0.2, 0.25) is 0 Å². The summed E-state index contributed by atoms with van der Waals surface area (Å²) in [7, 11) is 0. The summed E-state index contributed by atoms with van der Waals surface area (Å²) in [6, 6.07) is 15.5. The average Bonchev–Trinajstić information content (AvgIpc) is 2.61. The second-order valence-electron chi connectivity index (χ2n) is 6.00. The SMILES string of the molecule is CC[C@H](C)c1ccccc1NC(=S)NC(=O)COc1ccc(C)cc1. The van der Waals surface area contributed by atoms with Gasteiger partial charge in [-0.3, -0.25) is 10.1 Å².